The number of hydrogen-bond acceptors (Lipinski definition) is 6. The maximum atomic E-state index is 12.6. The Morgan fingerprint density at radius 3 is 2.58 bits per heavy atom. The fourth-order valence-corrected chi connectivity index (χ4v) is 5.74. The zero-order valence-corrected chi connectivity index (χ0v) is 15.5. The number of carboxylic acid groups (broad SMARTS) is 1. The van der Waals surface area contributed by atoms with Gasteiger partial charge in [-0.1, -0.05) is 24.3 Å². The number of β-lactam (4-membered cyclic amide) rings is 1. The normalized spacial score (nSPS) is 27.9. The summed E-state index contributed by atoms with van der Waals surface area (Å²) in [4.78, 5) is 38.3. The third-order valence-electron chi connectivity index (χ3n) is 5.02. The van der Waals surface area contributed by atoms with Crippen molar-refractivity contribution in [3.63, 3.8) is 0 Å². The van der Waals surface area contributed by atoms with Gasteiger partial charge in [-0.15, -0.1) is 11.8 Å². The average Bonchev–Trinajstić information content (AvgIpc) is 2.75. The van der Waals surface area contributed by atoms with Crippen LogP contribution in [-0.2, 0) is 19.9 Å². The number of carbonyl (C=O) groups excluding carboxylic acids is 2. The van der Waals surface area contributed by atoms with E-state index in [0.717, 1.165) is 0 Å². The van der Waals surface area contributed by atoms with Gasteiger partial charge in [-0.3, -0.25) is 9.59 Å². The van der Waals surface area contributed by atoms with Gasteiger partial charge < -0.3 is 15.7 Å². The minimum Gasteiger partial charge on any atom is -0.479 e. The van der Waals surface area contributed by atoms with Crippen LogP contribution in [0.1, 0.15) is 37.4 Å². The van der Waals surface area contributed by atoms with Gasteiger partial charge in [0.1, 0.15) is 0 Å². The quantitative estimate of drug-likeness (QED) is 0.597. The van der Waals surface area contributed by atoms with Crippen molar-refractivity contribution < 1.29 is 19.5 Å². The van der Waals surface area contributed by atoms with Gasteiger partial charge in [0, 0.05) is 7.05 Å². The number of primary amides is 1. The Labute approximate surface area is 154 Å². The van der Waals surface area contributed by atoms with Crippen LogP contribution in [-0.4, -0.2) is 45.0 Å². The number of azo groups is 1. The molecule has 1 aromatic rings. The summed E-state index contributed by atoms with van der Waals surface area (Å²) >= 11 is 1.45. The highest BCUT2D eigenvalue weighted by Crippen LogP contribution is 2.62. The first kappa shape index (κ1) is 18.4. The number of nitrogens with two attached hydrogens (primary N) is 1. The lowest BCUT2D eigenvalue weighted by molar-refractivity contribution is -0.169. The Morgan fingerprint density at radius 2 is 2.04 bits per heavy atom. The average molecular weight is 376 g/mol. The van der Waals surface area contributed by atoms with E-state index in [1.54, 1.807) is 38.1 Å². The van der Waals surface area contributed by atoms with Crippen molar-refractivity contribution in [2.24, 2.45) is 16.0 Å². The summed E-state index contributed by atoms with van der Waals surface area (Å²) in [6.45, 7) is 3.60. The van der Waals surface area contributed by atoms with Gasteiger partial charge in [-0.05, 0) is 25.0 Å². The zero-order chi connectivity index (χ0) is 19.3. The van der Waals surface area contributed by atoms with E-state index < -0.39 is 28.2 Å². The molecule has 1 aromatic carbocycles. The zero-order valence-electron chi connectivity index (χ0n) is 14.7. The maximum absolute atomic E-state index is 12.6. The summed E-state index contributed by atoms with van der Waals surface area (Å²) in [5.41, 5.74) is 4.56. The van der Waals surface area contributed by atoms with Gasteiger partial charge in [0.25, 0.3) is 0 Å². The molecule has 3 rings (SSSR count). The largest absolute Gasteiger partial charge is 0.479 e. The smallest absolute Gasteiger partial charge is 0.335 e. The van der Waals surface area contributed by atoms with Crippen LogP contribution < -0.4 is 5.73 Å². The van der Waals surface area contributed by atoms with Gasteiger partial charge in [0.2, 0.25) is 11.8 Å². The molecule has 0 saturated carbocycles. The molecule has 2 saturated heterocycles. The van der Waals surface area contributed by atoms with Crippen molar-refractivity contribution in [1.29, 1.82) is 0 Å². The van der Waals surface area contributed by atoms with E-state index in [9.17, 15) is 19.5 Å². The number of nitrogens with zero attached hydrogens (tertiary/aromatic N) is 3. The summed E-state index contributed by atoms with van der Waals surface area (Å²) in [7, 11) is 1.41. The number of carbonyl (C=O) groups is 3. The highest BCUT2D eigenvalue weighted by atomic mass is 32.2. The molecule has 0 spiro atoms. The lowest BCUT2D eigenvalue weighted by Gasteiger charge is -2.47. The van der Waals surface area contributed by atoms with Gasteiger partial charge >= 0.3 is 5.97 Å². The second-order valence-corrected chi connectivity index (χ2v) is 8.57. The molecule has 0 radical (unpaired) electrons. The van der Waals surface area contributed by atoms with E-state index in [0.29, 0.717) is 17.5 Å². The number of amides is 2. The summed E-state index contributed by atoms with van der Waals surface area (Å²) in [6.07, 6.45) is 0.305. The van der Waals surface area contributed by atoms with E-state index in [4.69, 9.17) is 5.73 Å². The minimum absolute atomic E-state index is 0.207. The van der Waals surface area contributed by atoms with Crippen molar-refractivity contribution in [1.82, 2.24) is 4.90 Å². The van der Waals surface area contributed by atoms with Crippen LogP contribution in [0.3, 0.4) is 0 Å². The molecule has 3 N–H and O–H groups in total. The molecule has 2 fully saturated rings. The number of fused-ring (bicyclic) bond motifs is 1. The van der Waals surface area contributed by atoms with Crippen LogP contribution in [0.2, 0.25) is 0 Å². The van der Waals surface area contributed by atoms with Crippen LogP contribution in [0.4, 0.5) is 0 Å². The molecule has 2 aliphatic rings. The molecular weight excluding hydrogens is 356 g/mol. The standard InChI is InChI=1S/C17H20N4O4S/c1-16(2)17(15(24)25,21-11(22)8-12(21)26-16)10-7-5-4-6-9(10)13(14(18)23)20-19-3/h4-7,12-13H,8H2,1-3H3,(H2,18,23)(H,24,25)/t12-,13?,17-/m1/s1. The molecule has 0 aliphatic carbocycles. The van der Waals surface area contributed by atoms with Gasteiger partial charge in [-0.25, -0.2) is 4.79 Å². The van der Waals surface area contributed by atoms with Gasteiger partial charge in [-0.2, -0.15) is 10.2 Å². The first-order valence-corrected chi connectivity index (χ1v) is 8.97. The molecular formula is C17H20N4O4S. The van der Waals surface area contributed by atoms with Crippen LogP contribution in [0.5, 0.6) is 0 Å². The van der Waals surface area contributed by atoms with E-state index >= 15 is 0 Å². The van der Waals surface area contributed by atoms with Crippen molar-refractivity contribution in [3.05, 3.63) is 35.4 Å². The maximum Gasteiger partial charge on any atom is 0.335 e. The first-order valence-electron chi connectivity index (χ1n) is 8.09. The van der Waals surface area contributed by atoms with E-state index in [1.165, 1.54) is 23.7 Å². The van der Waals surface area contributed by atoms with Crippen molar-refractivity contribution in [2.45, 2.75) is 42.0 Å². The number of hydrogen-bond donors (Lipinski definition) is 2. The number of rotatable bonds is 5. The predicted molar refractivity (Wildman–Crippen MR) is 95.4 cm³/mol. The topological polar surface area (TPSA) is 125 Å². The van der Waals surface area contributed by atoms with Crippen molar-refractivity contribution in [3.8, 4) is 0 Å². The molecule has 9 heteroatoms. The summed E-state index contributed by atoms with van der Waals surface area (Å²) < 4.78 is -0.822. The Hall–Kier alpha value is -2.42. The molecule has 3 atom stereocenters. The van der Waals surface area contributed by atoms with Crippen molar-refractivity contribution >= 4 is 29.5 Å². The fourth-order valence-electron chi connectivity index (χ4n) is 3.98. The third-order valence-corrected chi connectivity index (χ3v) is 6.56. The van der Waals surface area contributed by atoms with Crippen LogP contribution in [0.15, 0.2) is 34.5 Å². The fraction of sp³-hybridized carbons (Fsp3) is 0.471. The number of benzene rings is 1. The number of thioether (sulfide) groups is 1. The summed E-state index contributed by atoms with van der Waals surface area (Å²) in [5, 5.41) is 17.6. The second kappa shape index (κ2) is 6.08. The van der Waals surface area contributed by atoms with Gasteiger partial charge in [0.15, 0.2) is 11.6 Å². The summed E-state index contributed by atoms with van der Waals surface area (Å²) in [5.74, 6) is -2.11. The Kier molecular flexibility index (Phi) is 4.30. The van der Waals surface area contributed by atoms with Gasteiger partial charge in [0.05, 0.1) is 16.5 Å². The lowest BCUT2D eigenvalue weighted by Crippen LogP contribution is -2.65. The molecule has 0 bridgehead atoms. The Bertz CT molecular complexity index is 825. The molecule has 2 heterocycles. The molecule has 2 aliphatic heterocycles. The molecule has 2 amide bonds. The molecule has 1 unspecified atom stereocenters. The molecule has 138 valence electrons. The van der Waals surface area contributed by atoms with E-state index in [2.05, 4.69) is 10.2 Å². The third kappa shape index (κ3) is 2.26. The minimum atomic E-state index is -1.62. The predicted octanol–water partition coefficient (Wildman–Crippen LogP) is 1.66. The molecule has 0 aromatic heterocycles. The van der Waals surface area contributed by atoms with E-state index in [1.807, 2.05) is 0 Å². The van der Waals surface area contributed by atoms with Crippen molar-refractivity contribution in [2.75, 3.05) is 7.05 Å². The lowest BCUT2D eigenvalue weighted by atomic mass is 9.73. The highest BCUT2D eigenvalue weighted by molar-refractivity contribution is 8.01. The molecule has 8 nitrogen and oxygen atoms in total. The first-order chi connectivity index (χ1) is 12.2. The number of aliphatic carboxylic acids is 1. The van der Waals surface area contributed by atoms with Crippen LogP contribution >= 0.6 is 11.8 Å². The Morgan fingerprint density at radius 1 is 1.38 bits per heavy atom. The highest BCUT2D eigenvalue weighted by Gasteiger charge is 2.70. The monoisotopic (exact) mass is 376 g/mol. The van der Waals surface area contributed by atoms with E-state index in [-0.39, 0.29) is 11.3 Å². The van der Waals surface area contributed by atoms with Crippen LogP contribution in [0, 0.1) is 0 Å². The number of carboxylic acids is 1. The Balaban J connectivity index is 2.31. The SMILES string of the molecule is CN=NC(C(N)=O)c1ccccc1[C@]1(C(=O)O)N2C(=O)C[C@H]2SC1(C)C. The summed E-state index contributed by atoms with van der Waals surface area (Å²) in [6, 6.07) is 5.48. The molecule has 26 heavy (non-hydrogen) atoms. The van der Waals surface area contributed by atoms with Crippen LogP contribution in [0.25, 0.3) is 0 Å². The second-order valence-electron chi connectivity index (χ2n) is 6.77.